The first-order chi connectivity index (χ1) is 29.5. The Morgan fingerprint density at radius 3 is 2.05 bits per heavy atom. The number of halogens is 3. The van der Waals surface area contributed by atoms with Crippen molar-refractivity contribution in [2.24, 2.45) is 11.8 Å². The van der Waals surface area contributed by atoms with E-state index >= 15 is 0 Å². The van der Waals surface area contributed by atoms with Gasteiger partial charge in [0.15, 0.2) is 0 Å². The lowest BCUT2D eigenvalue weighted by molar-refractivity contribution is -0.139. The molecule has 3 heterocycles. The lowest BCUT2D eigenvalue weighted by Gasteiger charge is -2.37. The van der Waals surface area contributed by atoms with E-state index in [2.05, 4.69) is 20.6 Å². The van der Waals surface area contributed by atoms with Crippen molar-refractivity contribution >= 4 is 40.5 Å². The molecule has 3 aromatic rings. The van der Waals surface area contributed by atoms with Crippen LogP contribution in [-0.2, 0) is 25.2 Å². The number of hydrogen-bond acceptors (Lipinski definition) is 10. The highest BCUT2D eigenvalue weighted by atomic mass is 19.4. The molecule has 2 saturated heterocycles. The number of methoxy groups -OCH3 is 1. The number of piperidine rings is 2. The van der Waals surface area contributed by atoms with Gasteiger partial charge in [0.1, 0.15) is 28.6 Å². The Balaban J connectivity index is 1.06. The van der Waals surface area contributed by atoms with Crippen LogP contribution in [0, 0.1) is 18.8 Å². The average Bonchev–Trinajstić information content (AvgIpc) is 3.20. The Bertz CT molecular complexity index is 2100. The monoisotopic (exact) mass is 882 g/mol. The molecule has 6 rings (SSSR count). The molecule has 13 nitrogen and oxygen atoms in total. The summed E-state index contributed by atoms with van der Waals surface area (Å²) in [6.45, 7) is 17.5. The van der Waals surface area contributed by atoms with Crippen molar-refractivity contribution in [1.29, 1.82) is 0 Å². The SMILES string of the molecule is COc1cc2nc(C)nc(N[C@H](C)c3cc(NC(=O)OC(C)(C)C)cc(C(F)(F)F)c3)c2cc1C1CCC(C(=O)N2CCC(COC3CCN(C(=O)OC(C)(C)C)CC3)CC2)CC1. The molecule has 0 bridgehead atoms. The maximum Gasteiger partial charge on any atom is 0.416 e. The molecule has 1 atom stereocenters. The lowest BCUT2D eigenvalue weighted by Crippen LogP contribution is -2.45. The predicted octanol–water partition coefficient (Wildman–Crippen LogP) is 10.4. The second-order valence-corrected chi connectivity index (χ2v) is 19.4. The fraction of sp³-hybridized carbons (Fsp3) is 0.638. The van der Waals surface area contributed by atoms with Gasteiger partial charge in [-0.05, 0) is 154 Å². The number of alkyl halides is 3. The van der Waals surface area contributed by atoms with Crippen molar-refractivity contribution in [3.05, 3.63) is 52.8 Å². The van der Waals surface area contributed by atoms with E-state index in [0.717, 1.165) is 82.2 Å². The molecule has 1 saturated carbocycles. The summed E-state index contributed by atoms with van der Waals surface area (Å²) in [5.74, 6) is 2.28. The molecule has 63 heavy (non-hydrogen) atoms. The zero-order chi connectivity index (χ0) is 45.9. The second kappa shape index (κ2) is 19.5. The third-order valence-electron chi connectivity index (χ3n) is 12.0. The van der Waals surface area contributed by atoms with Gasteiger partial charge in [-0.15, -0.1) is 0 Å². The van der Waals surface area contributed by atoms with E-state index in [1.165, 1.54) is 6.07 Å². The topological polar surface area (TPSA) is 144 Å². The predicted molar refractivity (Wildman–Crippen MR) is 235 cm³/mol. The van der Waals surface area contributed by atoms with Gasteiger partial charge in [-0.3, -0.25) is 10.1 Å². The summed E-state index contributed by atoms with van der Waals surface area (Å²) in [6, 6.07) is 6.65. The van der Waals surface area contributed by atoms with Gasteiger partial charge < -0.3 is 34.1 Å². The van der Waals surface area contributed by atoms with Crippen LogP contribution in [0.2, 0.25) is 0 Å². The minimum Gasteiger partial charge on any atom is -0.496 e. The van der Waals surface area contributed by atoms with Crippen LogP contribution >= 0.6 is 0 Å². The third kappa shape index (κ3) is 12.9. The summed E-state index contributed by atoms with van der Waals surface area (Å²) >= 11 is 0. The maximum atomic E-state index is 14.1. The van der Waals surface area contributed by atoms with Crippen LogP contribution in [0.15, 0.2) is 30.3 Å². The van der Waals surface area contributed by atoms with Gasteiger partial charge in [0.05, 0.1) is 30.3 Å². The van der Waals surface area contributed by atoms with E-state index in [4.69, 9.17) is 18.9 Å². The van der Waals surface area contributed by atoms with Crippen LogP contribution in [0.3, 0.4) is 0 Å². The van der Waals surface area contributed by atoms with Crippen LogP contribution in [0.1, 0.15) is 134 Å². The van der Waals surface area contributed by atoms with Crippen molar-refractivity contribution in [1.82, 2.24) is 19.8 Å². The number of nitrogens with zero attached hydrogens (tertiary/aromatic N) is 4. The standard InChI is InChI=1S/C47H65F3N6O7/c1-28(33-22-34(47(48,49)50)24-35(23-33)54-43(58)62-45(3,4)5)51-41-38-25-37(40(60-9)26-39(38)52-29(2)53-41)31-10-12-32(13-11-31)42(57)55-18-14-30(15-19-55)27-61-36-16-20-56(21-17-36)44(59)63-46(6,7)8/h22-26,28,30-32,36H,10-21,27H2,1-9H3,(H,54,58)(H,51,52,53)/t28-,31?,32?/m1/s1. The number of aromatic nitrogens is 2. The molecular weight excluding hydrogens is 818 g/mol. The second-order valence-electron chi connectivity index (χ2n) is 19.4. The lowest BCUT2D eigenvalue weighted by atomic mass is 9.77. The first kappa shape index (κ1) is 47.6. The number of anilines is 2. The number of likely N-dealkylation sites (tertiary alicyclic amines) is 2. The quantitative estimate of drug-likeness (QED) is 0.202. The molecule has 0 spiro atoms. The van der Waals surface area contributed by atoms with Crippen LogP contribution in [0.4, 0.5) is 34.3 Å². The molecule has 1 aliphatic carbocycles. The zero-order valence-corrected chi connectivity index (χ0v) is 38.2. The van der Waals surface area contributed by atoms with Crippen molar-refractivity contribution in [3.63, 3.8) is 0 Å². The molecule has 2 aromatic carbocycles. The Morgan fingerprint density at radius 2 is 1.44 bits per heavy atom. The fourth-order valence-electron chi connectivity index (χ4n) is 8.78. The largest absolute Gasteiger partial charge is 0.496 e. The minimum absolute atomic E-state index is 0.0478. The maximum absolute atomic E-state index is 14.1. The van der Waals surface area contributed by atoms with Gasteiger partial charge in [0.25, 0.3) is 0 Å². The molecule has 3 amide bonds. The Hall–Kier alpha value is -4.86. The van der Waals surface area contributed by atoms with E-state index in [1.807, 2.05) is 37.8 Å². The van der Waals surface area contributed by atoms with E-state index in [0.29, 0.717) is 53.9 Å². The minimum atomic E-state index is -4.66. The number of amides is 3. The average molecular weight is 883 g/mol. The molecule has 3 fully saturated rings. The molecule has 16 heteroatoms. The van der Waals surface area contributed by atoms with Crippen molar-refractivity contribution in [2.75, 3.05) is 50.5 Å². The molecular formula is C47H65F3N6O7. The van der Waals surface area contributed by atoms with E-state index in [1.54, 1.807) is 46.6 Å². The summed E-state index contributed by atoms with van der Waals surface area (Å²) in [6.07, 6.45) is 0.790. The summed E-state index contributed by atoms with van der Waals surface area (Å²) in [5.41, 5.74) is -0.440. The normalized spacial score (nSPS) is 20.0. The van der Waals surface area contributed by atoms with Gasteiger partial charge in [-0.2, -0.15) is 13.2 Å². The highest BCUT2D eigenvalue weighted by Crippen LogP contribution is 2.43. The number of nitrogens with one attached hydrogen (secondary N) is 2. The fourth-order valence-corrected chi connectivity index (χ4v) is 8.78. The number of carbonyl (C=O) groups excluding carboxylic acids is 3. The molecule has 1 aromatic heterocycles. The number of fused-ring (bicyclic) bond motifs is 1. The smallest absolute Gasteiger partial charge is 0.416 e. The number of rotatable bonds is 10. The van der Waals surface area contributed by atoms with Crippen molar-refractivity contribution in [2.45, 2.75) is 142 Å². The van der Waals surface area contributed by atoms with Crippen LogP contribution in [-0.4, -0.2) is 95.1 Å². The van der Waals surface area contributed by atoms with Crippen molar-refractivity contribution < 1.29 is 46.5 Å². The number of aryl methyl sites for hydroxylation is 1. The van der Waals surface area contributed by atoms with E-state index in [9.17, 15) is 27.6 Å². The summed E-state index contributed by atoms with van der Waals surface area (Å²) in [4.78, 5) is 51.9. The Labute approximate surface area is 369 Å². The highest BCUT2D eigenvalue weighted by Gasteiger charge is 2.35. The first-order valence-corrected chi connectivity index (χ1v) is 22.3. The van der Waals surface area contributed by atoms with Crippen LogP contribution in [0.5, 0.6) is 5.75 Å². The Morgan fingerprint density at radius 1 is 0.810 bits per heavy atom. The zero-order valence-electron chi connectivity index (χ0n) is 38.2. The van der Waals surface area contributed by atoms with Gasteiger partial charge in [0.2, 0.25) is 5.91 Å². The van der Waals surface area contributed by atoms with Crippen LogP contribution < -0.4 is 15.4 Å². The van der Waals surface area contributed by atoms with Gasteiger partial charge in [0, 0.05) is 55.8 Å². The molecule has 346 valence electrons. The molecule has 3 aliphatic rings. The molecule has 0 unspecified atom stereocenters. The Kier molecular flexibility index (Phi) is 14.7. The number of ether oxygens (including phenoxy) is 4. The van der Waals surface area contributed by atoms with Crippen LogP contribution in [0.25, 0.3) is 10.9 Å². The number of hydrogen-bond donors (Lipinski definition) is 2. The molecule has 2 N–H and O–H groups in total. The highest BCUT2D eigenvalue weighted by molar-refractivity contribution is 5.91. The van der Waals surface area contributed by atoms with E-state index < -0.39 is 35.1 Å². The van der Waals surface area contributed by atoms with Gasteiger partial charge >= 0.3 is 18.4 Å². The number of benzene rings is 2. The summed E-state index contributed by atoms with van der Waals surface area (Å²) in [7, 11) is 1.62. The summed E-state index contributed by atoms with van der Waals surface area (Å²) in [5, 5.41) is 6.47. The number of carbonyl (C=O) groups is 3. The first-order valence-electron chi connectivity index (χ1n) is 22.3. The van der Waals surface area contributed by atoms with Crippen molar-refractivity contribution in [3.8, 4) is 5.75 Å². The molecule has 2 aliphatic heterocycles. The third-order valence-corrected chi connectivity index (χ3v) is 12.0. The summed E-state index contributed by atoms with van der Waals surface area (Å²) < 4.78 is 65.2. The molecule has 0 radical (unpaired) electrons. The van der Waals surface area contributed by atoms with Gasteiger partial charge in [-0.1, -0.05) is 0 Å². The van der Waals surface area contributed by atoms with Gasteiger partial charge in [-0.25, -0.2) is 19.6 Å². The van der Waals surface area contributed by atoms with E-state index in [-0.39, 0.29) is 41.2 Å².